The molecule has 0 aliphatic rings. The molecule has 0 saturated heterocycles. The van der Waals surface area contributed by atoms with Gasteiger partial charge in [0.2, 0.25) is 11.8 Å². The molecule has 9 nitrogen and oxygen atoms in total. The standard InChI is InChI=1S/C22H22N4O5/c1-23-19(27)12-11-17-21(29)26(18-6-4-3-5-16(18)25-17)13-20(28)24-15-9-7-14(8-10-15)22(30)31-2/h3-10H,11-13H2,1-2H3,(H,23,27)(H,24,28). The number of aromatic nitrogens is 2. The second-order valence-corrected chi connectivity index (χ2v) is 6.73. The number of hydrogen-bond acceptors (Lipinski definition) is 6. The van der Waals surface area contributed by atoms with Gasteiger partial charge in [-0.05, 0) is 36.4 Å². The summed E-state index contributed by atoms with van der Waals surface area (Å²) in [4.78, 5) is 53.1. The second kappa shape index (κ2) is 9.66. The fraction of sp³-hybridized carbons (Fsp3) is 0.227. The molecule has 2 amide bonds. The van der Waals surface area contributed by atoms with Gasteiger partial charge in [0.25, 0.3) is 5.56 Å². The minimum atomic E-state index is -0.475. The van der Waals surface area contributed by atoms with E-state index in [-0.39, 0.29) is 31.0 Å². The van der Waals surface area contributed by atoms with Crippen LogP contribution >= 0.6 is 0 Å². The van der Waals surface area contributed by atoms with Crippen LogP contribution in [0.15, 0.2) is 53.3 Å². The Balaban J connectivity index is 1.84. The SMILES string of the molecule is CNC(=O)CCc1nc2ccccc2n(CC(=O)Nc2ccc(C(=O)OC)cc2)c1=O. The summed E-state index contributed by atoms with van der Waals surface area (Å²) >= 11 is 0. The number of aryl methyl sites for hydroxylation is 1. The molecule has 2 N–H and O–H groups in total. The smallest absolute Gasteiger partial charge is 0.337 e. The highest BCUT2D eigenvalue weighted by Crippen LogP contribution is 2.13. The van der Waals surface area contributed by atoms with Crippen molar-refractivity contribution in [1.82, 2.24) is 14.9 Å². The van der Waals surface area contributed by atoms with Crippen molar-refractivity contribution in [1.29, 1.82) is 0 Å². The average Bonchev–Trinajstić information content (AvgIpc) is 2.79. The van der Waals surface area contributed by atoms with Crippen LogP contribution in [0.25, 0.3) is 11.0 Å². The molecule has 0 bridgehead atoms. The van der Waals surface area contributed by atoms with Crippen LogP contribution in [0.3, 0.4) is 0 Å². The van der Waals surface area contributed by atoms with Crippen molar-refractivity contribution in [3.63, 3.8) is 0 Å². The number of benzene rings is 2. The van der Waals surface area contributed by atoms with E-state index in [1.54, 1.807) is 36.4 Å². The van der Waals surface area contributed by atoms with E-state index in [0.29, 0.717) is 22.3 Å². The largest absolute Gasteiger partial charge is 0.465 e. The van der Waals surface area contributed by atoms with Crippen LogP contribution in [0.1, 0.15) is 22.5 Å². The first-order valence-corrected chi connectivity index (χ1v) is 9.60. The normalized spacial score (nSPS) is 10.5. The highest BCUT2D eigenvalue weighted by atomic mass is 16.5. The fourth-order valence-electron chi connectivity index (χ4n) is 3.07. The van der Waals surface area contributed by atoms with Crippen LogP contribution < -0.4 is 16.2 Å². The Morgan fingerprint density at radius 1 is 1.03 bits per heavy atom. The summed E-state index contributed by atoms with van der Waals surface area (Å²) in [5, 5.41) is 5.22. The van der Waals surface area contributed by atoms with Crippen molar-refractivity contribution in [3.8, 4) is 0 Å². The third kappa shape index (κ3) is 5.13. The highest BCUT2D eigenvalue weighted by Gasteiger charge is 2.15. The summed E-state index contributed by atoms with van der Waals surface area (Å²) in [6, 6.07) is 13.2. The maximum atomic E-state index is 13.0. The number of carbonyl (C=O) groups excluding carboxylic acids is 3. The predicted octanol–water partition coefficient (Wildman–Crippen LogP) is 1.50. The van der Waals surface area contributed by atoms with Crippen LogP contribution in [-0.4, -0.2) is 41.5 Å². The molecule has 0 spiro atoms. The Bertz CT molecular complexity index is 1180. The number of anilines is 1. The Labute approximate surface area is 178 Å². The minimum Gasteiger partial charge on any atom is -0.465 e. The highest BCUT2D eigenvalue weighted by molar-refractivity contribution is 5.93. The van der Waals surface area contributed by atoms with Gasteiger partial charge in [0.05, 0.1) is 23.7 Å². The van der Waals surface area contributed by atoms with Crippen LogP contribution in [0.4, 0.5) is 5.69 Å². The van der Waals surface area contributed by atoms with E-state index in [1.807, 2.05) is 0 Å². The maximum Gasteiger partial charge on any atom is 0.337 e. The number of carbonyl (C=O) groups is 3. The third-order valence-corrected chi connectivity index (χ3v) is 4.68. The summed E-state index contributed by atoms with van der Waals surface area (Å²) in [5.74, 6) is -1.09. The van der Waals surface area contributed by atoms with Gasteiger partial charge in [-0.15, -0.1) is 0 Å². The Kier molecular flexibility index (Phi) is 6.76. The number of methoxy groups -OCH3 is 1. The number of esters is 1. The second-order valence-electron chi connectivity index (χ2n) is 6.73. The number of amides is 2. The number of hydrogen-bond donors (Lipinski definition) is 2. The number of para-hydroxylation sites is 2. The molecule has 31 heavy (non-hydrogen) atoms. The van der Waals surface area contributed by atoms with E-state index in [0.717, 1.165) is 0 Å². The molecule has 0 aliphatic heterocycles. The van der Waals surface area contributed by atoms with Crippen molar-refractivity contribution in [2.24, 2.45) is 0 Å². The van der Waals surface area contributed by atoms with E-state index in [9.17, 15) is 19.2 Å². The molecule has 0 aliphatic carbocycles. The van der Waals surface area contributed by atoms with Gasteiger partial charge in [-0.2, -0.15) is 0 Å². The number of ether oxygens (including phenoxy) is 1. The molecule has 0 atom stereocenters. The van der Waals surface area contributed by atoms with E-state index < -0.39 is 17.4 Å². The molecule has 3 rings (SSSR count). The van der Waals surface area contributed by atoms with Crippen LogP contribution in [0.5, 0.6) is 0 Å². The average molecular weight is 422 g/mol. The zero-order chi connectivity index (χ0) is 22.4. The molecule has 0 saturated carbocycles. The Morgan fingerprint density at radius 3 is 2.42 bits per heavy atom. The van der Waals surface area contributed by atoms with Crippen molar-refractivity contribution < 1.29 is 19.1 Å². The van der Waals surface area contributed by atoms with Gasteiger partial charge in [-0.1, -0.05) is 12.1 Å². The molecule has 9 heteroatoms. The number of nitrogens with zero attached hydrogens (tertiary/aromatic N) is 2. The Morgan fingerprint density at radius 2 is 1.74 bits per heavy atom. The molecule has 3 aromatic rings. The molecule has 0 radical (unpaired) electrons. The maximum absolute atomic E-state index is 13.0. The van der Waals surface area contributed by atoms with Gasteiger partial charge >= 0.3 is 5.97 Å². The van der Waals surface area contributed by atoms with Crippen molar-refractivity contribution in [2.45, 2.75) is 19.4 Å². The molecular formula is C22H22N4O5. The first kappa shape index (κ1) is 21.7. The molecule has 0 fully saturated rings. The van der Waals surface area contributed by atoms with E-state index in [2.05, 4.69) is 20.4 Å². The molecular weight excluding hydrogens is 400 g/mol. The zero-order valence-corrected chi connectivity index (χ0v) is 17.2. The topological polar surface area (TPSA) is 119 Å². The van der Waals surface area contributed by atoms with Crippen LogP contribution in [0, 0.1) is 0 Å². The van der Waals surface area contributed by atoms with E-state index in [1.165, 1.54) is 30.9 Å². The van der Waals surface area contributed by atoms with Crippen molar-refractivity contribution >= 4 is 34.5 Å². The molecule has 0 unspecified atom stereocenters. The van der Waals surface area contributed by atoms with Gasteiger partial charge in [0.15, 0.2) is 0 Å². The lowest BCUT2D eigenvalue weighted by atomic mass is 10.2. The number of fused-ring (bicyclic) bond motifs is 1. The summed E-state index contributed by atoms with van der Waals surface area (Å²) < 4.78 is 5.99. The van der Waals surface area contributed by atoms with Crippen molar-refractivity contribution in [3.05, 3.63) is 70.1 Å². The minimum absolute atomic E-state index is 0.121. The van der Waals surface area contributed by atoms with E-state index in [4.69, 9.17) is 0 Å². The fourth-order valence-corrected chi connectivity index (χ4v) is 3.07. The van der Waals surface area contributed by atoms with Gasteiger partial charge in [0.1, 0.15) is 12.2 Å². The molecule has 1 heterocycles. The molecule has 1 aromatic heterocycles. The first-order chi connectivity index (χ1) is 14.9. The quantitative estimate of drug-likeness (QED) is 0.557. The lowest BCUT2D eigenvalue weighted by Gasteiger charge is -2.12. The molecule has 160 valence electrons. The third-order valence-electron chi connectivity index (χ3n) is 4.68. The van der Waals surface area contributed by atoms with Gasteiger partial charge in [-0.25, -0.2) is 9.78 Å². The number of rotatable bonds is 7. The Hall–Kier alpha value is -4.01. The monoisotopic (exact) mass is 422 g/mol. The predicted molar refractivity (Wildman–Crippen MR) is 115 cm³/mol. The zero-order valence-electron chi connectivity index (χ0n) is 17.2. The van der Waals surface area contributed by atoms with E-state index >= 15 is 0 Å². The summed E-state index contributed by atoms with van der Waals surface area (Å²) in [6.07, 6.45) is 0.287. The van der Waals surface area contributed by atoms with Crippen LogP contribution in [-0.2, 0) is 27.3 Å². The lowest BCUT2D eigenvalue weighted by Crippen LogP contribution is -2.31. The molecule has 2 aromatic carbocycles. The number of nitrogens with one attached hydrogen (secondary N) is 2. The summed E-state index contributed by atoms with van der Waals surface area (Å²) in [5.41, 5.74) is 1.72. The van der Waals surface area contributed by atoms with Crippen LogP contribution in [0.2, 0.25) is 0 Å². The van der Waals surface area contributed by atoms with Gasteiger partial charge < -0.3 is 15.4 Å². The lowest BCUT2D eigenvalue weighted by molar-refractivity contribution is -0.120. The van der Waals surface area contributed by atoms with Crippen molar-refractivity contribution in [2.75, 3.05) is 19.5 Å². The first-order valence-electron chi connectivity index (χ1n) is 9.60. The van der Waals surface area contributed by atoms with Gasteiger partial charge in [-0.3, -0.25) is 19.0 Å². The van der Waals surface area contributed by atoms with Gasteiger partial charge in [0, 0.05) is 25.6 Å². The summed E-state index contributed by atoms with van der Waals surface area (Å²) in [6.45, 7) is -0.229. The summed E-state index contributed by atoms with van der Waals surface area (Å²) in [7, 11) is 2.81.